The van der Waals surface area contributed by atoms with Crippen LogP contribution in [0.2, 0.25) is 0 Å². The molecule has 0 bridgehead atoms. The molecule has 2 N–H and O–H groups in total. The second-order valence-corrected chi connectivity index (χ2v) is 6.64. The number of nitrogens with one attached hydrogen (secondary N) is 2. The summed E-state index contributed by atoms with van der Waals surface area (Å²) in [4.78, 5) is 24.1. The number of amides is 2. The van der Waals surface area contributed by atoms with Gasteiger partial charge in [-0.25, -0.2) is 0 Å². The van der Waals surface area contributed by atoms with Crippen molar-refractivity contribution >= 4 is 23.2 Å². The number of ether oxygens (including phenoxy) is 2. The predicted molar refractivity (Wildman–Crippen MR) is 99.9 cm³/mol. The van der Waals surface area contributed by atoms with Gasteiger partial charge < -0.3 is 20.1 Å². The van der Waals surface area contributed by atoms with E-state index in [1.54, 1.807) is 49.4 Å². The summed E-state index contributed by atoms with van der Waals surface area (Å²) in [6.07, 6.45) is -0.528. The molecule has 26 heavy (non-hydrogen) atoms. The minimum absolute atomic E-state index is 0.210. The molecule has 0 spiro atoms. The van der Waals surface area contributed by atoms with E-state index in [1.807, 2.05) is 0 Å². The molecule has 0 saturated heterocycles. The maximum atomic E-state index is 12.4. The number of hydrogen-bond donors (Lipinski definition) is 2. The van der Waals surface area contributed by atoms with Gasteiger partial charge in [-0.2, -0.15) is 0 Å². The van der Waals surface area contributed by atoms with Crippen LogP contribution in [0.15, 0.2) is 42.5 Å². The fraction of sp³-hybridized carbons (Fsp3) is 0.300. The van der Waals surface area contributed by atoms with Gasteiger partial charge in [-0.1, -0.05) is 13.8 Å². The van der Waals surface area contributed by atoms with Gasteiger partial charge in [0, 0.05) is 11.3 Å². The van der Waals surface area contributed by atoms with Crippen molar-refractivity contribution in [3.8, 4) is 11.5 Å². The summed E-state index contributed by atoms with van der Waals surface area (Å²) in [5, 5.41) is 5.58. The van der Waals surface area contributed by atoms with E-state index in [9.17, 15) is 9.59 Å². The Morgan fingerprint density at radius 1 is 1.23 bits per heavy atom. The Labute approximate surface area is 152 Å². The van der Waals surface area contributed by atoms with E-state index in [2.05, 4.69) is 24.5 Å². The first-order valence-electron chi connectivity index (χ1n) is 8.58. The lowest BCUT2D eigenvalue weighted by Gasteiger charge is -2.23. The molecule has 6 heteroatoms. The Hall–Kier alpha value is -3.02. The summed E-state index contributed by atoms with van der Waals surface area (Å²) in [6.45, 7) is 6.47. The quantitative estimate of drug-likeness (QED) is 0.858. The minimum atomic E-state index is -0.528. The molecule has 0 saturated carbocycles. The van der Waals surface area contributed by atoms with Gasteiger partial charge in [0.1, 0.15) is 11.5 Å². The molecule has 1 heterocycles. The summed E-state index contributed by atoms with van der Waals surface area (Å²) >= 11 is 0. The number of rotatable bonds is 5. The first-order chi connectivity index (χ1) is 12.4. The average molecular weight is 354 g/mol. The first-order valence-corrected chi connectivity index (χ1v) is 8.58. The summed E-state index contributed by atoms with van der Waals surface area (Å²) in [7, 11) is 0. The molecule has 1 aliphatic rings. The molecule has 1 unspecified atom stereocenters. The third kappa shape index (κ3) is 4.14. The zero-order chi connectivity index (χ0) is 18.7. The van der Waals surface area contributed by atoms with Crippen LogP contribution in [0.1, 0.15) is 31.1 Å². The fourth-order valence-electron chi connectivity index (χ4n) is 2.46. The molecule has 0 fully saturated rings. The van der Waals surface area contributed by atoms with Crippen LogP contribution in [-0.4, -0.2) is 24.5 Å². The highest BCUT2D eigenvalue weighted by Crippen LogP contribution is 2.32. The normalized spacial score (nSPS) is 15.7. The Bertz CT molecular complexity index is 815. The lowest BCUT2D eigenvalue weighted by atomic mass is 10.1. The second kappa shape index (κ2) is 7.47. The summed E-state index contributed by atoms with van der Waals surface area (Å²) < 4.78 is 11.1. The van der Waals surface area contributed by atoms with Gasteiger partial charge in [-0.15, -0.1) is 0 Å². The van der Waals surface area contributed by atoms with Crippen LogP contribution in [0, 0.1) is 5.92 Å². The third-order valence-electron chi connectivity index (χ3n) is 3.87. The van der Waals surface area contributed by atoms with Crippen LogP contribution >= 0.6 is 0 Å². The molecule has 0 aliphatic carbocycles. The molecule has 0 aromatic heterocycles. The highest BCUT2D eigenvalue weighted by atomic mass is 16.5. The molecule has 2 aromatic rings. The second-order valence-electron chi connectivity index (χ2n) is 6.64. The summed E-state index contributed by atoms with van der Waals surface area (Å²) in [6, 6.07) is 12.1. The van der Waals surface area contributed by atoms with E-state index in [1.165, 1.54) is 0 Å². The largest absolute Gasteiger partial charge is 0.493 e. The maximum Gasteiger partial charge on any atom is 0.265 e. The molecular weight excluding hydrogens is 332 g/mol. The van der Waals surface area contributed by atoms with Gasteiger partial charge in [0.2, 0.25) is 0 Å². The molecule has 6 nitrogen and oxygen atoms in total. The first kappa shape index (κ1) is 17.8. The Morgan fingerprint density at radius 3 is 2.65 bits per heavy atom. The van der Waals surface area contributed by atoms with Crippen molar-refractivity contribution in [3.05, 3.63) is 48.0 Å². The molecule has 2 amide bonds. The van der Waals surface area contributed by atoms with Gasteiger partial charge >= 0.3 is 0 Å². The zero-order valence-corrected chi connectivity index (χ0v) is 15.0. The van der Waals surface area contributed by atoms with Gasteiger partial charge in [0.05, 0.1) is 12.3 Å². The van der Waals surface area contributed by atoms with Gasteiger partial charge in [0.25, 0.3) is 11.8 Å². The number of hydrogen-bond acceptors (Lipinski definition) is 4. The molecule has 0 radical (unpaired) electrons. The summed E-state index contributed by atoms with van der Waals surface area (Å²) in [5.41, 5.74) is 1.64. The Morgan fingerprint density at radius 2 is 1.96 bits per heavy atom. The lowest BCUT2D eigenvalue weighted by molar-refractivity contribution is -0.122. The van der Waals surface area contributed by atoms with Crippen LogP contribution in [-0.2, 0) is 4.79 Å². The number of carbonyl (C=O) groups excluding carboxylic acids is 2. The van der Waals surface area contributed by atoms with Crippen molar-refractivity contribution in [1.29, 1.82) is 0 Å². The average Bonchev–Trinajstić information content (AvgIpc) is 2.61. The van der Waals surface area contributed by atoms with Crippen LogP contribution in [0.3, 0.4) is 0 Å². The maximum absolute atomic E-state index is 12.4. The minimum Gasteiger partial charge on any atom is -0.493 e. The highest BCUT2D eigenvalue weighted by Gasteiger charge is 2.23. The Balaban J connectivity index is 1.66. The SMILES string of the molecule is CC(C)COc1ccc(C(=O)Nc2ccc3c(c2)NC(=O)C(C)O3)cc1. The van der Waals surface area contributed by atoms with E-state index < -0.39 is 6.10 Å². The van der Waals surface area contributed by atoms with Crippen molar-refractivity contribution in [3.63, 3.8) is 0 Å². The lowest BCUT2D eigenvalue weighted by Crippen LogP contribution is -2.34. The Kier molecular flexibility index (Phi) is 5.11. The predicted octanol–water partition coefficient (Wildman–Crippen LogP) is 3.69. The van der Waals surface area contributed by atoms with Crippen molar-refractivity contribution in [1.82, 2.24) is 0 Å². The molecule has 2 aromatic carbocycles. The molecule has 1 atom stereocenters. The van der Waals surface area contributed by atoms with Crippen LogP contribution < -0.4 is 20.1 Å². The van der Waals surface area contributed by atoms with E-state index in [4.69, 9.17) is 9.47 Å². The third-order valence-corrected chi connectivity index (χ3v) is 3.87. The van der Waals surface area contributed by atoms with E-state index in [0.717, 1.165) is 5.75 Å². The van der Waals surface area contributed by atoms with Crippen molar-refractivity contribution in [2.75, 3.05) is 17.2 Å². The van der Waals surface area contributed by atoms with E-state index in [0.29, 0.717) is 35.2 Å². The smallest absolute Gasteiger partial charge is 0.265 e. The molecule has 3 rings (SSSR count). The topological polar surface area (TPSA) is 76.7 Å². The van der Waals surface area contributed by atoms with Crippen molar-refractivity contribution in [2.45, 2.75) is 26.9 Å². The van der Waals surface area contributed by atoms with Crippen LogP contribution in [0.25, 0.3) is 0 Å². The molecule has 136 valence electrons. The van der Waals surface area contributed by atoms with Gasteiger partial charge in [-0.05, 0) is 55.3 Å². The van der Waals surface area contributed by atoms with Gasteiger partial charge in [-0.3, -0.25) is 9.59 Å². The monoisotopic (exact) mass is 354 g/mol. The summed E-state index contributed by atoms with van der Waals surface area (Å²) in [5.74, 6) is 1.31. The number of carbonyl (C=O) groups is 2. The van der Waals surface area contributed by atoms with Crippen LogP contribution in [0.4, 0.5) is 11.4 Å². The number of fused-ring (bicyclic) bond motifs is 1. The molecular formula is C20H22N2O4. The number of benzene rings is 2. The molecule has 1 aliphatic heterocycles. The standard InChI is InChI=1S/C20H22N2O4/c1-12(2)11-25-16-7-4-14(5-8-16)20(24)21-15-6-9-18-17(10-15)22-19(23)13(3)26-18/h4-10,12-13H,11H2,1-3H3,(H,21,24)(H,22,23). The number of anilines is 2. The van der Waals surface area contributed by atoms with Crippen molar-refractivity contribution in [2.24, 2.45) is 5.92 Å². The zero-order valence-electron chi connectivity index (χ0n) is 15.0. The van der Waals surface area contributed by atoms with Crippen LogP contribution in [0.5, 0.6) is 11.5 Å². The van der Waals surface area contributed by atoms with Crippen molar-refractivity contribution < 1.29 is 19.1 Å². The van der Waals surface area contributed by atoms with Gasteiger partial charge in [0.15, 0.2) is 6.10 Å². The van der Waals surface area contributed by atoms with E-state index >= 15 is 0 Å². The fourth-order valence-corrected chi connectivity index (χ4v) is 2.46. The van der Waals surface area contributed by atoms with E-state index in [-0.39, 0.29) is 11.8 Å². The highest BCUT2D eigenvalue weighted by molar-refractivity contribution is 6.05.